The average Bonchev–Trinajstić information content (AvgIpc) is 2.22. The van der Waals surface area contributed by atoms with E-state index in [0.29, 0.717) is 6.07 Å². The summed E-state index contributed by atoms with van der Waals surface area (Å²) in [5, 5.41) is 0. The molecular formula is C9H7F4NO2. The Morgan fingerprint density at radius 1 is 1.50 bits per heavy atom. The second-order valence-corrected chi connectivity index (χ2v) is 2.85. The number of carbonyl (C=O) groups excluding carboxylic acids is 1. The van der Waals surface area contributed by atoms with Gasteiger partial charge in [-0.3, -0.25) is 4.79 Å². The molecule has 1 rings (SSSR count). The van der Waals surface area contributed by atoms with Gasteiger partial charge in [0.1, 0.15) is 0 Å². The fourth-order valence-electron chi connectivity index (χ4n) is 1.06. The zero-order valence-electron chi connectivity index (χ0n) is 8.14. The SMILES string of the molecule is COC(=O)Cc1nc(F)c(F)cc1C(F)F. The minimum Gasteiger partial charge on any atom is -0.469 e. The fraction of sp³-hybridized carbons (Fsp3) is 0.333. The number of esters is 1. The number of hydrogen-bond acceptors (Lipinski definition) is 3. The summed E-state index contributed by atoms with van der Waals surface area (Å²) < 4.78 is 54.4. The Hall–Kier alpha value is -1.66. The third-order valence-electron chi connectivity index (χ3n) is 1.82. The summed E-state index contributed by atoms with van der Waals surface area (Å²) in [6.07, 6.45) is -3.67. The van der Waals surface area contributed by atoms with Gasteiger partial charge in [-0.15, -0.1) is 0 Å². The average molecular weight is 237 g/mol. The van der Waals surface area contributed by atoms with Crippen molar-refractivity contribution in [3.8, 4) is 0 Å². The molecule has 0 atom stereocenters. The highest BCUT2D eigenvalue weighted by molar-refractivity contribution is 5.72. The highest BCUT2D eigenvalue weighted by Crippen LogP contribution is 2.23. The molecule has 3 nitrogen and oxygen atoms in total. The molecule has 0 aliphatic heterocycles. The van der Waals surface area contributed by atoms with E-state index in [2.05, 4.69) is 9.72 Å². The topological polar surface area (TPSA) is 39.2 Å². The van der Waals surface area contributed by atoms with Gasteiger partial charge in [-0.2, -0.15) is 4.39 Å². The van der Waals surface area contributed by atoms with Gasteiger partial charge in [0.05, 0.1) is 19.2 Å². The van der Waals surface area contributed by atoms with Crippen LogP contribution in [0, 0.1) is 11.8 Å². The molecule has 0 amide bonds. The van der Waals surface area contributed by atoms with E-state index in [0.717, 1.165) is 7.11 Å². The Morgan fingerprint density at radius 3 is 2.62 bits per heavy atom. The molecule has 0 spiro atoms. The Balaban J connectivity index is 3.14. The lowest BCUT2D eigenvalue weighted by atomic mass is 10.1. The number of methoxy groups -OCH3 is 1. The number of carbonyl (C=O) groups is 1. The van der Waals surface area contributed by atoms with Crippen molar-refractivity contribution in [3.63, 3.8) is 0 Å². The van der Waals surface area contributed by atoms with E-state index in [1.165, 1.54) is 0 Å². The third kappa shape index (κ3) is 2.68. The molecule has 1 aromatic rings. The van der Waals surface area contributed by atoms with Crippen molar-refractivity contribution in [2.24, 2.45) is 0 Å². The zero-order valence-corrected chi connectivity index (χ0v) is 8.14. The maximum atomic E-state index is 12.7. The first-order valence-electron chi connectivity index (χ1n) is 4.15. The molecule has 0 bridgehead atoms. The monoisotopic (exact) mass is 237 g/mol. The number of ether oxygens (including phenoxy) is 1. The van der Waals surface area contributed by atoms with Crippen LogP contribution in [0.5, 0.6) is 0 Å². The Bertz CT molecular complexity index is 409. The van der Waals surface area contributed by atoms with Crippen LogP contribution in [-0.2, 0) is 16.0 Å². The summed E-state index contributed by atoms with van der Waals surface area (Å²) in [4.78, 5) is 13.8. The second-order valence-electron chi connectivity index (χ2n) is 2.85. The smallest absolute Gasteiger partial charge is 0.311 e. The standard InChI is InChI=1S/C9H7F4NO2/c1-16-7(15)3-6-4(8(11)12)2-5(10)9(13)14-6/h2,8H,3H2,1H3. The molecule has 0 saturated heterocycles. The molecule has 0 unspecified atom stereocenters. The quantitative estimate of drug-likeness (QED) is 0.458. The molecule has 1 heterocycles. The molecule has 16 heavy (non-hydrogen) atoms. The zero-order chi connectivity index (χ0) is 12.3. The molecule has 7 heteroatoms. The van der Waals surface area contributed by atoms with Crippen LogP contribution in [0.1, 0.15) is 17.7 Å². The van der Waals surface area contributed by atoms with Gasteiger partial charge in [0.25, 0.3) is 6.43 Å². The summed E-state index contributed by atoms with van der Waals surface area (Å²) >= 11 is 0. The maximum Gasteiger partial charge on any atom is 0.311 e. The molecule has 0 fully saturated rings. The molecule has 0 saturated carbocycles. The van der Waals surface area contributed by atoms with Gasteiger partial charge < -0.3 is 4.74 Å². The molecule has 1 aromatic heterocycles. The second kappa shape index (κ2) is 4.91. The summed E-state index contributed by atoms with van der Waals surface area (Å²) in [7, 11) is 1.05. The maximum absolute atomic E-state index is 12.7. The Kier molecular flexibility index (Phi) is 3.81. The highest BCUT2D eigenvalue weighted by Gasteiger charge is 2.20. The number of nitrogens with zero attached hydrogens (tertiary/aromatic N) is 1. The number of alkyl halides is 2. The predicted octanol–water partition coefficient (Wildman–Crippen LogP) is 2.01. The van der Waals surface area contributed by atoms with E-state index in [1.807, 2.05) is 0 Å². The highest BCUT2D eigenvalue weighted by atomic mass is 19.3. The predicted molar refractivity (Wildman–Crippen MR) is 44.8 cm³/mol. The molecule has 0 aliphatic rings. The number of hydrogen-bond donors (Lipinski definition) is 0. The van der Waals surface area contributed by atoms with Crippen LogP contribution in [0.25, 0.3) is 0 Å². The first-order chi connectivity index (χ1) is 7.45. The molecule has 0 aromatic carbocycles. The minimum atomic E-state index is -3.04. The number of aromatic nitrogens is 1. The van der Waals surface area contributed by atoms with Gasteiger partial charge in [0.2, 0.25) is 5.95 Å². The third-order valence-corrected chi connectivity index (χ3v) is 1.82. The molecule has 0 N–H and O–H groups in total. The summed E-state index contributed by atoms with van der Waals surface area (Å²) in [5.41, 5.74) is -1.34. The van der Waals surface area contributed by atoms with Crippen molar-refractivity contribution in [1.82, 2.24) is 4.98 Å². The fourth-order valence-corrected chi connectivity index (χ4v) is 1.06. The lowest BCUT2D eigenvalue weighted by Gasteiger charge is -2.07. The van der Waals surface area contributed by atoms with Gasteiger partial charge in [-0.05, 0) is 6.07 Å². The van der Waals surface area contributed by atoms with Crippen LogP contribution in [-0.4, -0.2) is 18.1 Å². The summed E-state index contributed by atoms with van der Waals surface area (Å²) in [6, 6.07) is 0.325. The van der Waals surface area contributed by atoms with Crippen molar-refractivity contribution in [3.05, 3.63) is 29.1 Å². The number of halogens is 4. The number of rotatable bonds is 3. The van der Waals surface area contributed by atoms with Crippen molar-refractivity contribution in [2.45, 2.75) is 12.8 Å². The van der Waals surface area contributed by atoms with Crippen molar-refractivity contribution >= 4 is 5.97 Å². The summed E-state index contributed by atoms with van der Waals surface area (Å²) in [6.45, 7) is 0. The van der Waals surface area contributed by atoms with E-state index in [9.17, 15) is 22.4 Å². The van der Waals surface area contributed by atoms with E-state index in [4.69, 9.17) is 0 Å². The molecule has 0 aliphatic carbocycles. The van der Waals surface area contributed by atoms with Crippen LogP contribution in [0.15, 0.2) is 6.07 Å². The van der Waals surface area contributed by atoms with Crippen molar-refractivity contribution in [2.75, 3.05) is 7.11 Å². The molecule has 88 valence electrons. The summed E-state index contributed by atoms with van der Waals surface area (Å²) in [5.74, 6) is -3.87. The largest absolute Gasteiger partial charge is 0.469 e. The van der Waals surface area contributed by atoms with Crippen molar-refractivity contribution < 1.29 is 27.1 Å². The van der Waals surface area contributed by atoms with E-state index >= 15 is 0 Å². The van der Waals surface area contributed by atoms with Crippen LogP contribution >= 0.6 is 0 Å². The van der Waals surface area contributed by atoms with Crippen LogP contribution in [0.4, 0.5) is 17.6 Å². The van der Waals surface area contributed by atoms with Gasteiger partial charge in [0, 0.05) is 5.56 Å². The van der Waals surface area contributed by atoms with Gasteiger partial charge >= 0.3 is 5.97 Å². The number of pyridine rings is 1. The minimum absolute atomic E-state index is 0.325. The lowest BCUT2D eigenvalue weighted by Crippen LogP contribution is -2.11. The first-order valence-corrected chi connectivity index (χ1v) is 4.15. The van der Waals surface area contributed by atoms with Gasteiger partial charge in [0.15, 0.2) is 5.82 Å². The Labute approximate surface area is 88.0 Å². The van der Waals surface area contributed by atoms with E-state index in [-0.39, 0.29) is 0 Å². The van der Waals surface area contributed by atoms with Gasteiger partial charge in [-0.25, -0.2) is 18.2 Å². The van der Waals surface area contributed by atoms with E-state index < -0.39 is 41.8 Å². The van der Waals surface area contributed by atoms with Crippen LogP contribution < -0.4 is 0 Å². The first kappa shape index (κ1) is 12.4. The normalized spacial score (nSPS) is 10.6. The van der Waals surface area contributed by atoms with Gasteiger partial charge in [-0.1, -0.05) is 0 Å². The van der Waals surface area contributed by atoms with Crippen LogP contribution in [0.3, 0.4) is 0 Å². The van der Waals surface area contributed by atoms with Crippen molar-refractivity contribution in [1.29, 1.82) is 0 Å². The molecular weight excluding hydrogens is 230 g/mol. The van der Waals surface area contributed by atoms with E-state index in [1.54, 1.807) is 0 Å². The Morgan fingerprint density at radius 2 is 2.12 bits per heavy atom. The van der Waals surface area contributed by atoms with Crippen LogP contribution in [0.2, 0.25) is 0 Å². The lowest BCUT2D eigenvalue weighted by molar-refractivity contribution is -0.139. The molecule has 0 radical (unpaired) electrons.